The smallest absolute Gasteiger partial charge is 0.441 e. The van der Waals surface area contributed by atoms with E-state index in [1.54, 1.807) is 12.3 Å². The standard InChI is InChI=1S/C18H20N6O8S2/c1-3-23(10-7-34-17(19)21-10)18(30)32-20-4-11(26)22-12-14(27)24-13(16(28)29)9(5-31-8(2)25)6-33-15(12)24/h4,7,12,15H,3,5-6H2,1-2H3,(H2,19,21)(H,22,26)(H,28,29)/b20-4+. The third-order valence-corrected chi connectivity index (χ3v) is 6.62. The van der Waals surface area contributed by atoms with Crippen molar-refractivity contribution in [1.29, 1.82) is 0 Å². The van der Waals surface area contributed by atoms with Gasteiger partial charge in [-0.25, -0.2) is 14.6 Å². The highest BCUT2D eigenvalue weighted by molar-refractivity contribution is 8.00. The van der Waals surface area contributed by atoms with E-state index in [-0.39, 0.29) is 41.1 Å². The molecule has 0 bridgehead atoms. The summed E-state index contributed by atoms with van der Waals surface area (Å²) >= 11 is 2.35. The van der Waals surface area contributed by atoms with Crippen LogP contribution in [0.25, 0.3) is 0 Å². The van der Waals surface area contributed by atoms with Gasteiger partial charge in [-0.15, -0.1) is 23.1 Å². The molecule has 34 heavy (non-hydrogen) atoms. The number of thioether (sulfide) groups is 1. The van der Waals surface area contributed by atoms with E-state index in [0.717, 1.165) is 21.1 Å². The number of ether oxygens (including phenoxy) is 1. The number of carbonyl (C=O) groups excluding carboxylic acids is 4. The number of carbonyl (C=O) groups is 5. The molecule has 0 saturated carbocycles. The van der Waals surface area contributed by atoms with Crippen LogP contribution >= 0.6 is 23.1 Å². The van der Waals surface area contributed by atoms with Crippen LogP contribution in [0.1, 0.15) is 13.8 Å². The van der Waals surface area contributed by atoms with Crippen molar-refractivity contribution in [3.05, 3.63) is 16.7 Å². The number of fused-ring (bicyclic) bond motifs is 1. The minimum Gasteiger partial charge on any atom is -0.477 e. The quantitative estimate of drug-likeness (QED) is 0.139. The van der Waals surface area contributed by atoms with Crippen molar-refractivity contribution in [3.63, 3.8) is 0 Å². The molecule has 2 aliphatic rings. The number of aromatic nitrogens is 1. The summed E-state index contributed by atoms with van der Waals surface area (Å²) in [6.45, 7) is 2.83. The number of hydrogen-bond acceptors (Lipinski definition) is 12. The molecule has 1 aromatic rings. The molecule has 2 atom stereocenters. The number of aliphatic carboxylic acids is 1. The van der Waals surface area contributed by atoms with E-state index in [9.17, 15) is 29.1 Å². The third kappa shape index (κ3) is 5.28. The number of carboxylic acid groups (broad SMARTS) is 1. The number of nitrogens with two attached hydrogens (primary N) is 1. The van der Waals surface area contributed by atoms with Gasteiger partial charge in [-0.3, -0.25) is 29.0 Å². The minimum absolute atomic E-state index is 0.190. The predicted octanol–water partition coefficient (Wildman–Crippen LogP) is -0.0243. The monoisotopic (exact) mass is 512 g/mol. The first-order chi connectivity index (χ1) is 16.1. The molecule has 1 fully saturated rings. The van der Waals surface area contributed by atoms with Gasteiger partial charge in [0.25, 0.3) is 11.8 Å². The molecule has 3 amide bonds. The molecule has 0 radical (unpaired) electrons. The number of carboxylic acids is 1. The largest absolute Gasteiger partial charge is 0.477 e. The van der Waals surface area contributed by atoms with Gasteiger partial charge in [0, 0.05) is 30.2 Å². The molecule has 16 heteroatoms. The van der Waals surface area contributed by atoms with E-state index in [4.69, 9.17) is 15.3 Å². The Hall–Kier alpha value is -3.66. The number of oxime groups is 1. The lowest BCUT2D eigenvalue weighted by molar-refractivity contribution is -0.150. The molecule has 3 rings (SSSR count). The van der Waals surface area contributed by atoms with E-state index < -0.39 is 41.3 Å². The molecule has 1 aromatic heterocycles. The van der Waals surface area contributed by atoms with Gasteiger partial charge >= 0.3 is 18.0 Å². The van der Waals surface area contributed by atoms with Gasteiger partial charge in [-0.2, -0.15) is 0 Å². The van der Waals surface area contributed by atoms with Gasteiger partial charge in [0.15, 0.2) is 10.9 Å². The summed E-state index contributed by atoms with van der Waals surface area (Å²) in [6.07, 6.45) is -0.202. The second-order valence-corrected chi connectivity index (χ2v) is 8.81. The maximum absolute atomic E-state index is 12.5. The van der Waals surface area contributed by atoms with E-state index in [1.165, 1.54) is 18.7 Å². The van der Waals surface area contributed by atoms with Crippen molar-refractivity contribution in [3.8, 4) is 0 Å². The average Bonchev–Trinajstić information content (AvgIpc) is 3.21. The van der Waals surface area contributed by atoms with Crippen LogP contribution in [0.5, 0.6) is 0 Å². The summed E-state index contributed by atoms with van der Waals surface area (Å²) in [5.41, 5.74) is 5.56. The number of β-lactam (4-membered cyclic amide) rings is 1. The molecule has 0 aromatic carbocycles. The number of nitrogen functional groups attached to an aromatic ring is 1. The van der Waals surface area contributed by atoms with E-state index in [1.807, 2.05) is 0 Å². The Morgan fingerprint density at radius 3 is 2.76 bits per heavy atom. The molecular weight excluding hydrogens is 492 g/mol. The topological polar surface area (TPSA) is 194 Å². The summed E-state index contributed by atoms with van der Waals surface area (Å²) in [5, 5.41) is 16.4. The van der Waals surface area contributed by atoms with Gasteiger partial charge in [-0.05, 0) is 6.92 Å². The van der Waals surface area contributed by atoms with Gasteiger partial charge in [0.2, 0.25) is 0 Å². The molecule has 14 nitrogen and oxygen atoms in total. The van der Waals surface area contributed by atoms with Crippen LogP contribution in [0.3, 0.4) is 0 Å². The summed E-state index contributed by atoms with van der Waals surface area (Å²) in [7, 11) is 0. The number of hydrogen-bond donors (Lipinski definition) is 3. The molecular formula is C18H20N6O8S2. The highest BCUT2D eigenvalue weighted by Gasteiger charge is 2.54. The Labute approximate surface area is 200 Å². The van der Waals surface area contributed by atoms with Crippen molar-refractivity contribution in [2.24, 2.45) is 5.16 Å². The van der Waals surface area contributed by atoms with Crippen molar-refractivity contribution in [2.45, 2.75) is 25.3 Å². The molecule has 0 aliphatic carbocycles. The predicted molar refractivity (Wildman–Crippen MR) is 121 cm³/mol. The van der Waals surface area contributed by atoms with E-state index in [0.29, 0.717) is 6.21 Å². The summed E-state index contributed by atoms with van der Waals surface area (Å²) < 4.78 is 4.86. The number of nitrogens with one attached hydrogen (secondary N) is 1. The molecule has 4 N–H and O–H groups in total. The zero-order valence-electron chi connectivity index (χ0n) is 17.9. The summed E-state index contributed by atoms with van der Waals surface area (Å²) in [5.74, 6) is -2.93. The van der Waals surface area contributed by atoms with Crippen LogP contribution < -0.4 is 16.0 Å². The Morgan fingerprint density at radius 2 is 2.18 bits per heavy atom. The minimum atomic E-state index is -1.35. The second-order valence-electron chi connectivity index (χ2n) is 6.81. The Morgan fingerprint density at radius 1 is 1.44 bits per heavy atom. The molecule has 1 saturated heterocycles. The van der Waals surface area contributed by atoms with Crippen LogP contribution in [0.15, 0.2) is 21.8 Å². The van der Waals surface area contributed by atoms with Crippen LogP contribution in [0.4, 0.5) is 15.7 Å². The zero-order valence-corrected chi connectivity index (χ0v) is 19.6. The third-order valence-electron chi connectivity index (χ3n) is 4.62. The Bertz CT molecular complexity index is 1090. The van der Waals surface area contributed by atoms with Crippen LogP contribution in [0, 0.1) is 0 Å². The Balaban J connectivity index is 1.58. The average molecular weight is 513 g/mol. The first-order valence-corrected chi connectivity index (χ1v) is 11.6. The lowest BCUT2D eigenvalue weighted by Gasteiger charge is -2.49. The van der Waals surface area contributed by atoms with Crippen molar-refractivity contribution >= 4 is 70.1 Å². The van der Waals surface area contributed by atoms with Crippen molar-refractivity contribution in [1.82, 2.24) is 15.2 Å². The Kier molecular flexibility index (Phi) is 7.72. The summed E-state index contributed by atoms with van der Waals surface area (Å²) in [6, 6.07) is -1.01. The number of nitrogens with zero attached hydrogens (tertiary/aromatic N) is 4. The lowest BCUT2D eigenvalue weighted by atomic mass is 10.0. The van der Waals surface area contributed by atoms with E-state index in [2.05, 4.69) is 15.5 Å². The number of thiazole rings is 1. The molecule has 2 unspecified atom stereocenters. The first kappa shape index (κ1) is 25.0. The van der Waals surface area contributed by atoms with E-state index >= 15 is 0 Å². The van der Waals surface area contributed by atoms with Crippen molar-refractivity contribution < 1.29 is 38.7 Å². The van der Waals surface area contributed by atoms with Gasteiger partial charge in [-0.1, -0.05) is 5.16 Å². The number of amides is 3. The molecule has 0 spiro atoms. The van der Waals surface area contributed by atoms with Crippen LogP contribution in [0.2, 0.25) is 0 Å². The molecule has 3 heterocycles. The van der Waals surface area contributed by atoms with Crippen LogP contribution in [-0.4, -0.2) is 81.4 Å². The highest BCUT2D eigenvalue weighted by atomic mass is 32.2. The van der Waals surface area contributed by atoms with Gasteiger partial charge in [0.1, 0.15) is 29.9 Å². The molecule has 2 aliphatic heterocycles. The molecule has 182 valence electrons. The van der Waals surface area contributed by atoms with Crippen LogP contribution in [-0.2, 0) is 28.8 Å². The van der Waals surface area contributed by atoms with Gasteiger partial charge in [0.05, 0.1) is 0 Å². The fraction of sp³-hybridized carbons (Fsp3) is 0.389. The number of rotatable bonds is 8. The van der Waals surface area contributed by atoms with Crippen molar-refractivity contribution in [2.75, 3.05) is 29.5 Å². The fourth-order valence-corrected chi connectivity index (χ4v) is 5.01. The SMILES string of the molecule is CCN(C(=O)O/N=C/C(=O)NC1C(=O)N2C(C(=O)O)=C(COC(C)=O)CSC12)c1csc(N)n1. The zero-order chi connectivity index (χ0) is 25.0. The number of anilines is 2. The number of esters is 1. The highest BCUT2D eigenvalue weighted by Crippen LogP contribution is 2.40. The van der Waals surface area contributed by atoms with Gasteiger partial charge < -0.3 is 20.9 Å². The summed E-state index contributed by atoms with van der Waals surface area (Å²) in [4.78, 5) is 70.4. The maximum Gasteiger partial charge on any atom is 0.441 e. The second kappa shape index (κ2) is 10.5. The first-order valence-electron chi connectivity index (χ1n) is 9.70. The maximum atomic E-state index is 12.5. The fourth-order valence-electron chi connectivity index (χ4n) is 3.13. The lowest BCUT2D eigenvalue weighted by Crippen LogP contribution is -2.70. The normalized spacial score (nSPS) is 19.4.